The Kier molecular flexibility index (Phi) is 4.35. The Balaban J connectivity index is 2.38. The van der Waals surface area contributed by atoms with Crippen LogP contribution in [-0.2, 0) is 9.59 Å². The predicted molar refractivity (Wildman–Crippen MR) is 82.6 cm³/mol. The highest BCUT2D eigenvalue weighted by molar-refractivity contribution is 5.98. The van der Waals surface area contributed by atoms with Crippen molar-refractivity contribution in [3.8, 4) is 0 Å². The van der Waals surface area contributed by atoms with Crippen LogP contribution in [0.3, 0.4) is 0 Å². The quantitative estimate of drug-likeness (QED) is 0.929. The Morgan fingerprint density at radius 3 is 2.29 bits per heavy atom. The van der Waals surface area contributed by atoms with Gasteiger partial charge in [0.2, 0.25) is 11.8 Å². The van der Waals surface area contributed by atoms with Gasteiger partial charge in [-0.3, -0.25) is 9.59 Å². The lowest BCUT2D eigenvalue weighted by Gasteiger charge is -2.43. The van der Waals surface area contributed by atoms with E-state index in [-0.39, 0.29) is 17.2 Å². The summed E-state index contributed by atoms with van der Waals surface area (Å²) in [5.41, 5.74) is 0.574. The summed E-state index contributed by atoms with van der Waals surface area (Å²) in [7, 11) is 0. The van der Waals surface area contributed by atoms with Crippen LogP contribution >= 0.6 is 0 Å². The Morgan fingerprint density at radius 2 is 1.76 bits per heavy atom. The maximum absolute atomic E-state index is 12.8. The van der Waals surface area contributed by atoms with Gasteiger partial charge in [0, 0.05) is 6.54 Å². The highest BCUT2D eigenvalue weighted by atomic mass is 16.2. The van der Waals surface area contributed by atoms with Crippen molar-refractivity contribution in [2.45, 2.75) is 46.2 Å². The van der Waals surface area contributed by atoms with Crippen LogP contribution in [-0.4, -0.2) is 29.3 Å². The molecule has 2 unspecified atom stereocenters. The lowest BCUT2D eigenvalue weighted by Crippen LogP contribution is -2.63. The number of carbonyl (C=O) groups excluding carboxylic acids is 2. The van der Waals surface area contributed by atoms with E-state index in [4.69, 9.17) is 0 Å². The third-order valence-electron chi connectivity index (χ3n) is 3.82. The fourth-order valence-corrected chi connectivity index (χ4v) is 2.75. The number of carbonyl (C=O) groups is 2. The fraction of sp³-hybridized carbons (Fsp3) is 0.529. The van der Waals surface area contributed by atoms with Gasteiger partial charge in [-0.1, -0.05) is 58.0 Å². The highest BCUT2D eigenvalue weighted by Crippen LogP contribution is 2.31. The van der Waals surface area contributed by atoms with E-state index in [0.29, 0.717) is 6.54 Å². The molecule has 1 heterocycles. The topological polar surface area (TPSA) is 49.4 Å². The van der Waals surface area contributed by atoms with Crippen LogP contribution in [0.2, 0.25) is 0 Å². The molecule has 0 bridgehead atoms. The Morgan fingerprint density at radius 1 is 1.14 bits per heavy atom. The molecule has 0 aromatic heterocycles. The second-order valence-electron chi connectivity index (χ2n) is 6.65. The van der Waals surface area contributed by atoms with Gasteiger partial charge in [-0.05, 0) is 17.4 Å². The molecule has 1 fully saturated rings. The van der Waals surface area contributed by atoms with Crippen molar-refractivity contribution < 1.29 is 9.59 Å². The Bertz CT molecular complexity index is 519. The SMILES string of the molecule is CCCN1C(=O)C(C(C)(C)C)NC(=O)C1c1ccccc1. The summed E-state index contributed by atoms with van der Waals surface area (Å²) in [4.78, 5) is 27.1. The van der Waals surface area contributed by atoms with Gasteiger partial charge in [0.15, 0.2) is 0 Å². The number of benzene rings is 1. The summed E-state index contributed by atoms with van der Waals surface area (Å²) in [5, 5.41) is 2.91. The number of piperazine rings is 1. The van der Waals surface area contributed by atoms with E-state index >= 15 is 0 Å². The van der Waals surface area contributed by atoms with Crippen molar-refractivity contribution in [3.63, 3.8) is 0 Å². The minimum atomic E-state index is -0.516. The van der Waals surface area contributed by atoms with Crippen LogP contribution in [0.25, 0.3) is 0 Å². The van der Waals surface area contributed by atoms with Gasteiger partial charge in [-0.15, -0.1) is 0 Å². The van der Waals surface area contributed by atoms with Gasteiger partial charge in [-0.2, -0.15) is 0 Å². The summed E-state index contributed by atoms with van der Waals surface area (Å²) in [6.07, 6.45) is 0.833. The van der Waals surface area contributed by atoms with E-state index < -0.39 is 12.1 Å². The third kappa shape index (κ3) is 3.09. The molecule has 1 aromatic carbocycles. The van der Waals surface area contributed by atoms with Crippen LogP contribution in [0.5, 0.6) is 0 Å². The maximum Gasteiger partial charge on any atom is 0.248 e. The van der Waals surface area contributed by atoms with Gasteiger partial charge in [-0.25, -0.2) is 0 Å². The van der Waals surface area contributed by atoms with Crippen molar-refractivity contribution in [3.05, 3.63) is 35.9 Å². The highest BCUT2D eigenvalue weighted by Gasteiger charge is 2.45. The number of amides is 2. The lowest BCUT2D eigenvalue weighted by atomic mass is 9.83. The van der Waals surface area contributed by atoms with E-state index in [0.717, 1.165) is 12.0 Å². The molecule has 0 saturated carbocycles. The molecule has 2 amide bonds. The monoisotopic (exact) mass is 288 g/mol. The minimum Gasteiger partial charge on any atom is -0.342 e. The molecule has 1 aliphatic heterocycles. The van der Waals surface area contributed by atoms with Gasteiger partial charge in [0.05, 0.1) is 0 Å². The lowest BCUT2D eigenvalue weighted by molar-refractivity contribution is -0.152. The van der Waals surface area contributed by atoms with Gasteiger partial charge in [0.1, 0.15) is 12.1 Å². The van der Waals surface area contributed by atoms with E-state index in [2.05, 4.69) is 5.32 Å². The summed E-state index contributed by atoms with van der Waals surface area (Å²) in [6, 6.07) is 8.53. The summed E-state index contributed by atoms with van der Waals surface area (Å²) in [5.74, 6) is -0.0769. The smallest absolute Gasteiger partial charge is 0.248 e. The van der Waals surface area contributed by atoms with E-state index in [1.54, 1.807) is 4.90 Å². The Hall–Kier alpha value is -1.84. The number of nitrogens with one attached hydrogen (secondary N) is 1. The first-order chi connectivity index (χ1) is 9.86. The van der Waals surface area contributed by atoms with E-state index in [9.17, 15) is 9.59 Å². The number of nitrogens with zero attached hydrogens (tertiary/aromatic N) is 1. The molecule has 2 atom stereocenters. The first-order valence-electron chi connectivity index (χ1n) is 7.52. The second kappa shape index (κ2) is 5.88. The summed E-state index contributed by atoms with van der Waals surface area (Å²) < 4.78 is 0. The largest absolute Gasteiger partial charge is 0.342 e. The van der Waals surface area contributed by atoms with Crippen LogP contribution < -0.4 is 5.32 Å². The number of rotatable bonds is 3. The van der Waals surface area contributed by atoms with Crippen molar-refractivity contribution in [1.29, 1.82) is 0 Å². The van der Waals surface area contributed by atoms with Crippen LogP contribution in [0.1, 0.15) is 45.7 Å². The molecule has 114 valence electrons. The minimum absolute atomic E-state index is 0.0119. The molecule has 4 heteroatoms. The molecule has 4 nitrogen and oxygen atoms in total. The molecule has 1 aromatic rings. The molecule has 0 aliphatic carbocycles. The van der Waals surface area contributed by atoms with Crippen molar-refractivity contribution in [2.75, 3.05) is 6.54 Å². The fourth-order valence-electron chi connectivity index (χ4n) is 2.75. The molecular weight excluding hydrogens is 264 g/mol. The summed E-state index contributed by atoms with van der Waals surface area (Å²) >= 11 is 0. The predicted octanol–water partition coefficient (Wildman–Crippen LogP) is 2.51. The van der Waals surface area contributed by atoms with Crippen LogP contribution in [0.15, 0.2) is 30.3 Å². The van der Waals surface area contributed by atoms with E-state index in [1.165, 1.54) is 0 Å². The average molecular weight is 288 g/mol. The number of hydrogen-bond donors (Lipinski definition) is 1. The first kappa shape index (κ1) is 15.5. The number of hydrogen-bond acceptors (Lipinski definition) is 2. The normalized spacial score (nSPS) is 23.1. The molecule has 1 aliphatic rings. The van der Waals surface area contributed by atoms with Crippen molar-refractivity contribution in [2.24, 2.45) is 5.41 Å². The van der Waals surface area contributed by atoms with Crippen molar-refractivity contribution in [1.82, 2.24) is 10.2 Å². The van der Waals surface area contributed by atoms with Crippen molar-refractivity contribution >= 4 is 11.8 Å². The average Bonchev–Trinajstić information content (AvgIpc) is 2.42. The standard InChI is InChI=1S/C17H24N2O2/c1-5-11-19-13(12-9-7-6-8-10-12)15(20)18-14(16(19)21)17(2,3)4/h6-10,13-14H,5,11H2,1-4H3,(H,18,20). The van der Waals surface area contributed by atoms with Crippen LogP contribution in [0, 0.1) is 5.41 Å². The van der Waals surface area contributed by atoms with E-state index in [1.807, 2.05) is 58.0 Å². The molecule has 21 heavy (non-hydrogen) atoms. The first-order valence-corrected chi connectivity index (χ1v) is 7.52. The van der Waals surface area contributed by atoms with Crippen LogP contribution in [0.4, 0.5) is 0 Å². The molecule has 1 N–H and O–H groups in total. The van der Waals surface area contributed by atoms with Gasteiger partial charge in [0.25, 0.3) is 0 Å². The molecule has 0 radical (unpaired) electrons. The molecule has 1 saturated heterocycles. The second-order valence-corrected chi connectivity index (χ2v) is 6.65. The third-order valence-corrected chi connectivity index (χ3v) is 3.82. The summed E-state index contributed by atoms with van der Waals surface area (Å²) in [6.45, 7) is 8.54. The molecular formula is C17H24N2O2. The zero-order valence-electron chi connectivity index (χ0n) is 13.2. The zero-order valence-corrected chi connectivity index (χ0v) is 13.2. The molecule has 0 spiro atoms. The zero-order chi connectivity index (χ0) is 15.6. The molecule has 2 rings (SSSR count). The maximum atomic E-state index is 12.8. The Labute approximate surface area is 126 Å². The van der Waals surface area contributed by atoms with Gasteiger partial charge < -0.3 is 10.2 Å². The van der Waals surface area contributed by atoms with Gasteiger partial charge >= 0.3 is 0 Å².